The minimum Gasteiger partial charge on any atom is -0.399 e. The summed E-state index contributed by atoms with van der Waals surface area (Å²) in [5.41, 5.74) is 7.81. The van der Waals surface area contributed by atoms with Crippen molar-refractivity contribution in [2.75, 3.05) is 36.8 Å². The normalized spacial score (nSPS) is 14.6. The van der Waals surface area contributed by atoms with Crippen molar-refractivity contribution in [2.45, 2.75) is 6.54 Å². The van der Waals surface area contributed by atoms with Gasteiger partial charge in [-0.2, -0.15) is 0 Å². The van der Waals surface area contributed by atoms with Gasteiger partial charge in [0.25, 0.3) is 5.56 Å². The van der Waals surface area contributed by atoms with Crippen LogP contribution in [0.3, 0.4) is 0 Å². The summed E-state index contributed by atoms with van der Waals surface area (Å²) >= 11 is 0. The SMILES string of the molecule is Cl.Cl.Cn1ccnc(N2CCN(Cc3cccc(N)c3)CC2)c1=O. The summed E-state index contributed by atoms with van der Waals surface area (Å²) in [5, 5.41) is 0. The number of aromatic nitrogens is 2. The number of hydrogen-bond acceptors (Lipinski definition) is 5. The lowest BCUT2D eigenvalue weighted by Gasteiger charge is -2.35. The van der Waals surface area contributed by atoms with Crippen molar-refractivity contribution in [1.29, 1.82) is 0 Å². The number of piperazine rings is 1. The predicted molar refractivity (Wildman–Crippen MR) is 102 cm³/mol. The zero-order valence-electron chi connectivity index (χ0n) is 13.6. The van der Waals surface area contributed by atoms with E-state index < -0.39 is 0 Å². The van der Waals surface area contributed by atoms with Gasteiger partial charge in [0.15, 0.2) is 5.82 Å². The third-order valence-electron chi connectivity index (χ3n) is 4.03. The van der Waals surface area contributed by atoms with Crippen molar-refractivity contribution in [1.82, 2.24) is 14.5 Å². The number of anilines is 2. The summed E-state index contributed by atoms with van der Waals surface area (Å²) in [6.45, 7) is 4.34. The van der Waals surface area contributed by atoms with Crippen LogP contribution >= 0.6 is 24.8 Å². The van der Waals surface area contributed by atoms with Gasteiger partial charge in [0.05, 0.1) is 0 Å². The second-order valence-electron chi connectivity index (χ2n) is 5.68. The van der Waals surface area contributed by atoms with Crippen molar-refractivity contribution in [2.24, 2.45) is 7.05 Å². The molecule has 24 heavy (non-hydrogen) atoms. The Morgan fingerprint density at radius 1 is 1.17 bits per heavy atom. The second-order valence-corrected chi connectivity index (χ2v) is 5.68. The lowest BCUT2D eigenvalue weighted by Crippen LogP contribution is -2.48. The van der Waals surface area contributed by atoms with Crippen molar-refractivity contribution in [3.8, 4) is 0 Å². The van der Waals surface area contributed by atoms with E-state index in [1.807, 2.05) is 18.2 Å². The van der Waals surface area contributed by atoms with Gasteiger partial charge in [-0.3, -0.25) is 9.69 Å². The molecule has 0 atom stereocenters. The Morgan fingerprint density at radius 2 is 1.88 bits per heavy atom. The third-order valence-corrected chi connectivity index (χ3v) is 4.03. The van der Waals surface area contributed by atoms with Crippen molar-refractivity contribution < 1.29 is 0 Å². The maximum absolute atomic E-state index is 12.1. The van der Waals surface area contributed by atoms with E-state index in [2.05, 4.69) is 20.9 Å². The first-order chi connectivity index (χ1) is 10.6. The molecule has 1 aromatic carbocycles. The van der Waals surface area contributed by atoms with Crippen LogP contribution in [0.25, 0.3) is 0 Å². The van der Waals surface area contributed by atoms with Gasteiger partial charge in [-0.1, -0.05) is 12.1 Å². The molecule has 1 saturated heterocycles. The Hall–Kier alpha value is -1.76. The summed E-state index contributed by atoms with van der Waals surface area (Å²) in [4.78, 5) is 20.8. The van der Waals surface area contributed by atoms with E-state index in [9.17, 15) is 4.79 Å². The zero-order valence-corrected chi connectivity index (χ0v) is 15.2. The predicted octanol–water partition coefficient (Wildman–Crippen LogP) is 1.53. The molecule has 0 saturated carbocycles. The van der Waals surface area contributed by atoms with Crippen molar-refractivity contribution in [3.05, 3.63) is 52.6 Å². The molecule has 132 valence electrons. The van der Waals surface area contributed by atoms with Gasteiger partial charge in [-0.25, -0.2) is 4.98 Å². The number of nitrogens with zero attached hydrogens (tertiary/aromatic N) is 4. The van der Waals surface area contributed by atoms with E-state index in [1.54, 1.807) is 24.0 Å². The first-order valence-electron chi connectivity index (χ1n) is 7.47. The molecule has 1 aromatic heterocycles. The fourth-order valence-corrected chi connectivity index (χ4v) is 2.77. The molecule has 0 amide bonds. The number of nitrogen functional groups attached to an aromatic ring is 1. The van der Waals surface area contributed by atoms with E-state index in [0.717, 1.165) is 38.4 Å². The van der Waals surface area contributed by atoms with Crippen LogP contribution in [0.4, 0.5) is 11.5 Å². The fourth-order valence-electron chi connectivity index (χ4n) is 2.77. The number of hydrogen-bond donors (Lipinski definition) is 1. The van der Waals surface area contributed by atoms with Crippen LogP contribution < -0.4 is 16.2 Å². The summed E-state index contributed by atoms with van der Waals surface area (Å²) in [5.74, 6) is 0.550. The molecule has 1 fully saturated rings. The first kappa shape index (κ1) is 20.3. The summed E-state index contributed by atoms with van der Waals surface area (Å²) in [6.07, 6.45) is 3.36. The molecule has 8 heteroatoms. The van der Waals surface area contributed by atoms with E-state index in [-0.39, 0.29) is 30.4 Å². The minimum atomic E-state index is -0.0354. The number of rotatable bonds is 3. The van der Waals surface area contributed by atoms with Crippen LogP contribution in [0, 0.1) is 0 Å². The molecule has 2 N–H and O–H groups in total. The van der Waals surface area contributed by atoms with E-state index >= 15 is 0 Å². The number of halogens is 2. The fraction of sp³-hybridized carbons (Fsp3) is 0.375. The second kappa shape index (κ2) is 8.92. The van der Waals surface area contributed by atoms with E-state index in [0.29, 0.717) is 5.82 Å². The molecule has 1 aliphatic rings. The zero-order chi connectivity index (χ0) is 15.5. The van der Waals surface area contributed by atoms with Gasteiger partial charge in [0.1, 0.15) is 0 Å². The molecule has 2 heterocycles. The van der Waals surface area contributed by atoms with Gasteiger partial charge >= 0.3 is 0 Å². The lowest BCUT2D eigenvalue weighted by atomic mass is 10.2. The molecule has 1 aliphatic heterocycles. The highest BCUT2D eigenvalue weighted by atomic mass is 35.5. The lowest BCUT2D eigenvalue weighted by molar-refractivity contribution is 0.249. The largest absolute Gasteiger partial charge is 0.399 e. The molecule has 0 radical (unpaired) electrons. The maximum Gasteiger partial charge on any atom is 0.293 e. The molecule has 0 spiro atoms. The third kappa shape index (κ3) is 4.63. The first-order valence-corrected chi connectivity index (χ1v) is 7.47. The molecule has 6 nitrogen and oxygen atoms in total. The molecule has 0 unspecified atom stereocenters. The number of benzene rings is 1. The Kier molecular flexibility index (Phi) is 7.54. The molecule has 0 bridgehead atoms. The van der Waals surface area contributed by atoms with Gasteiger partial charge in [0, 0.05) is 57.9 Å². The summed E-state index contributed by atoms with van der Waals surface area (Å²) in [6, 6.07) is 7.99. The van der Waals surface area contributed by atoms with Crippen LogP contribution in [-0.4, -0.2) is 40.6 Å². The number of aryl methyl sites for hydroxylation is 1. The average molecular weight is 372 g/mol. The topological polar surface area (TPSA) is 67.4 Å². The van der Waals surface area contributed by atoms with Gasteiger partial charge < -0.3 is 15.2 Å². The average Bonchev–Trinajstić information content (AvgIpc) is 2.51. The Morgan fingerprint density at radius 3 is 2.54 bits per heavy atom. The Balaban J connectivity index is 0.00000144. The minimum absolute atomic E-state index is 0. The van der Waals surface area contributed by atoms with Gasteiger partial charge in [0.2, 0.25) is 0 Å². The highest BCUT2D eigenvalue weighted by Crippen LogP contribution is 2.13. The standard InChI is InChI=1S/C16H21N5O.2ClH/c1-19-6-5-18-15(16(19)22)21-9-7-20(8-10-21)12-13-3-2-4-14(17)11-13;;/h2-6,11H,7-10,12,17H2,1H3;2*1H. The molecule has 0 aliphatic carbocycles. The summed E-state index contributed by atoms with van der Waals surface area (Å²) < 4.78 is 1.57. The maximum atomic E-state index is 12.1. The Bertz CT molecular complexity index is 714. The number of nitrogens with two attached hydrogens (primary N) is 1. The monoisotopic (exact) mass is 371 g/mol. The van der Waals surface area contributed by atoms with Crippen molar-refractivity contribution in [3.63, 3.8) is 0 Å². The smallest absolute Gasteiger partial charge is 0.293 e. The summed E-state index contributed by atoms with van der Waals surface area (Å²) in [7, 11) is 1.75. The van der Waals surface area contributed by atoms with Crippen LogP contribution in [0.5, 0.6) is 0 Å². The molecule has 2 aromatic rings. The Labute approximate surface area is 154 Å². The molecule has 3 rings (SSSR count). The van der Waals surface area contributed by atoms with Gasteiger partial charge in [-0.15, -0.1) is 24.8 Å². The van der Waals surface area contributed by atoms with E-state index in [4.69, 9.17) is 5.73 Å². The quantitative estimate of drug-likeness (QED) is 0.828. The molecular weight excluding hydrogens is 349 g/mol. The van der Waals surface area contributed by atoms with Crippen LogP contribution in [0.2, 0.25) is 0 Å². The highest BCUT2D eigenvalue weighted by molar-refractivity contribution is 5.85. The highest BCUT2D eigenvalue weighted by Gasteiger charge is 2.20. The van der Waals surface area contributed by atoms with Crippen LogP contribution in [-0.2, 0) is 13.6 Å². The van der Waals surface area contributed by atoms with Gasteiger partial charge in [-0.05, 0) is 17.7 Å². The van der Waals surface area contributed by atoms with Crippen LogP contribution in [0.1, 0.15) is 5.56 Å². The molecular formula is C16H23Cl2N5O. The van der Waals surface area contributed by atoms with Crippen molar-refractivity contribution >= 4 is 36.3 Å². The van der Waals surface area contributed by atoms with E-state index in [1.165, 1.54) is 5.56 Å². The van der Waals surface area contributed by atoms with Crippen LogP contribution in [0.15, 0.2) is 41.5 Å².